The Bertz CT molecular complexity index is 2860. The molecule has 0 aliphatic carbocycles. The first-order valence-corrected chi connectivity index (χ1v) is 21.6. The summed E-state index contributed by atoms with van der Waals surface area (Å²) in [6, 6.07) is 38.1. The van der Waals surface area contributed by atoms with Gasteiger partial charge in [-0.25, -0.2) is 0 Å². The van der Waals surface area contributed by atoms with Crippen molar-refractivity contribution >= 4 is 43.1 Å². The van der Waals surface area contributed by atoms with Crippen LogP contribution in [0.4, 0.5) is 0 Å². The van der Waals surface area contributed by atoms with Gasteiger partial charge in [0.2, 0.25) is 0 Å². The number of rotatable bonds is 17. The molecule has 0 unspecified atom stereocenters. The summed E-state index contributed by atoms with van der Waals surface area (Å²) in [5.41, 5.74) is 4.76. The van der Waals surface area contributed by atoms with Crippen molar-refractivity contribution in [3.8, 4) is 73.6 Å². The minimum atomic E-state index is 0.0630. The van der Waals surface area contributed by atoms with Crippen molar-refractivity contribution in [3.05, 3.63) is 115 Å². The molecule has 0 aliphatic heterocycles. The third-order valence-electron chi connectivity index (χ3n) is 11.5. The van der Waals surface area contributed by atoms with Crippen molar-refractivity contribution in [1.29, 1.82) is 0 Å². The molecule has 0 aromatic heterocycles. The normalized spacial score (nSPS) is 11.4. The Kier molecular flexibility index (Phi) is 12.4. The van der Waals surface area contributed by atoms with Gasteiger partial charge in [0.1, 0.15) is 5.75 Å². The van der Waals surface area contributed by atoms with E-state index in [1.54, 1.807) is 26.4 Å². The second-order valence-corrected chi connectivity index (χ2v) is 15.5. The molecule has 8 rings (SSSR count). The molecule has 0 bridgehead atoms. The van der Waals surface area contributed by atoms with Crippen LogP contribution in [0.5, 0.6) is 40.2 Å². The molecule has 0 atom stereocenters. The Morgan fingerprint density at radius 1 is 0.393 bits per heavy atom. The minimum Gasteiger partial charge on any atom is -0.508 e. The fraction of sp³-hybridized carbons (Fsp3) is 0.259. The van der Waals surface area contributed by atoms with E-state index in [9.17, 15) is 10.2 Å². The lowest BCUT2D eigenvalue weighted by molar-refractivity contribution is 0.287. The van der Waals surface area contributed by atoms with Gasteiger partial charge in [0.15, 0.2) is 34.5 Å². The summed E-state index contributed by atoms with van der Waals surface area (Å²) in [6.07, 6.45) is 5.31. The molecule has 7 nitrogen and oxygen atoms in total. The maximum absolute atomic E-state index is 11.8. The van der Waals surface area contributed by atoms with E-state index in [0.29, 0.717) is 48.6 Å². The van der Waals surface area contributed by atoms with Gasteiger partial charge >= 0.3 is 0 Å². The molecule has 0 heterocycles. The van der Waals surface area contributed by atoms with Crippen LogP contribution in [0.25, 0.3) is 76.5 Å². The van der Waals surface area contributed by atoms with Crippen molar-refractivity contribution < 1.29 is 33.9 Å². The zero-order valence-corrected chi connectivity index (χ0v) is 35.8. The molecular weight excluding hydrogens is 761 g/mol. The molecular formula is C54H54O7. The Labute approximate surface area is 358 Å². The van der Waals surface area contributed by atoms with E-state index in [-0.39, 0.29) is 11.5 Å². The van der Waals surface area contributed by atoms with E-state index >= 15 is 0 Å². The van der Waals surface area contributed by atoms with E-state index in [1.165, 1.54) is 0 Å². The lowest BCUT2D eigenvalue weighted by Crippen LogP contribution is -2.07. The number of ether oxygens (including phenoxy) is 5. The van der Waals surface area contributed by atoms with Crippen LogP contribution in [0.3, 0.4) is 0 Å². The zero-order valence-electron chi connectivity index (χ0n) is 35.8. The second-order valence-electron chi connectivity index (χ2n) is 15.5. The Morgan fingerprint density at radius 3 is 1.26 bits per heavy atom. The highest BCUT2D eigenvalue weighted by Crippen LogP contribution is 2.60. The first-order valence-electron chi connectivity index (χ1n) is 21.6. The summed E-state index contributed by atoms with van der Waals surface area (Å²) >= 11 is 0. The molecule has 61 heavy (non-hydrogen) atoms. The fourth-order valence-electron chi connectivity index (χ4n) is 8.62. The number of aromatic hydroxyl groups is 2. The van der Waals surface area contributed by atoms with Crippen LogP contribution >= 0.6 is 0 Å². The maximum atomic E-state index is 11.8. The number of methoxy groups -OCH3 is 2. The van der Waals surface area contributed by atoms with Gasteiger partial charge in [-0.3, -0.25) is 0 Å². The predicted molar refractivity (Wildman–Crippen MR) is 250 cm³/mol. The number of phenols is 2. The third-order valence-corrected chi connectivity index (χ3v) is 11.5. The number of benzene rings is 8. The largest absolute Gasteiger partial charge is 0.508 e. The van der Waals surface area contributed by atoms with Crippen LogP contribution < -0.4 is 23.7 Å². The van der Waals surface area contributed by atoms with Gasteiger partial charge in [0.25, 0.3) is 0 Å². The van der Waals surface area contributed by atoms with Crippen LogP contribution in [0.15, 0.2) is 115 Å². The van der Waals surface area contributed by atoms with E-state index in [1.807, 2.05) is 66.7 Å². The van der Waals surface area contributed by atoms with Crippen LogP contribution in [-0.4, -0.2) is 44.3 Å². The number of hydrogen-bond donors (Lipinski definition) is 2. The molecule has 8 aromatic rings. The zero-order chi connectivity index (χ0) is 42.5. The molecule has 0 amide bonds. The average Bonchev–Trinajstić information content (AvgIpc) is 3.28. The van der Waals surface area contributed by atoms with Crippen molar-refractivity contribution in [3.63, 3.8) is 0 Å². The number of fused-ring (bicyclic) bond motifs is 4. The molecule has 0 saturated heterocycles. The molecule has 0 aliphatic rings. The summed E-state index contributed by atoms with van der Waals surface area (Å²) in [6.45, 7) is 7.75. The van der Waals surface area contributed by atoms with Gasteiger partial charge in [-0.15, -0.1) is 0 Å². The predicted octanol–water partition coefficient (Wildman–Crippen LogP) is 14.3. The summed E-state index contributed by atoms with van der Waals surface area (Å²) in [5.74, 6) is 2.82. The second kappa shape index (κ2) is 18.3. The van der Waals surface area contributed by atoms with Gasteiger partial charge in [0, 0.05) is 27.8 Å². The van der Waals surface area contributed by atoms with Crippen LogP contribution in [0.2, 0.25) is 0 Å². The van der Waals surface area contributed by atoms with Crippen molar-refractivity contribution in [1.82, 2.24) is 0 Å². The molecule has 7 heteroatoms. The van der Waals surface area contributed by atoms with Gasteiger partial charge in [0.05, 0.1) is 34.0 Å². The van der Waals surface area contributed by atoms with Crippen molar-refractivity contribution in [2.24, 2.45) is 0 Å². The molecule has 0 spiro atoms. The molecule has 0 fully saturated rings. The molecule has 2 N–H and O–H groups in total. The molecule has 312 valence electrons. The minimum absolute atomic E-state index is 0.0630. The molecule has 8 aromatic carbocycles. The van der Waals surface area contributed by atoms with Crippen LogP contribution in [0.1, 0.15) is 59.3 Å². The van der Waals surface area contributed by atoms with Crippen molar-refractivity contribution in [2.45, 2.75) is 59.3 Å². The number of unbranched alkanes of at least 4 members (excludes halogenated alkanes) is 3. The standard InChI is InChI=1S/C54H54O7/c1-6-9-28-59-50-44(56)32-35-21-13-15-23-38(35)46(50)49-42-27-19-18-26-41(42)48(52(58-5)54(49)61-30-11-8-3)47-40-25-17-16-24-39(40)45(53(51(47)57-4)60-29-10-7-2)43-33-36(55)31-34-20-12-14-22-37(34)43/h12-27,31-33,55-56H,6-11,28-30H2,1-5H3. The monoisotopic (exact) mass is 814 g/mol. The van der Waals surface area contributed by atoms with Gasteiger partial charge in [-0.1, -0.05) is 137 Å². The highest BCUT2D eigenvalue weighted by atomic mass is 16.5. The Hall–Kier alpha value is -6.60. The smallest absolute Gasteiger partial charge is 0.170 e. The van der Waals surface area contributed by atoms with Gasteiger partial charge in [-0.2, -0.15) is 0 Å². The maximum Gasteiger partial charge on any atom is 0.170 e. The van der Waals surface area contributed by atoms with E-state index in [0.717, 1.165) is 115 Å². The fourth-order valence-corrected chi connectivity index (χ4v) is 8.62. The Balaban J connectivity index is 1.55. The summed E-state index contributed by atoms with van der Waals surface area (Å²) in [7, 11) is 3.37. The third kappa shape index (κ3) is 7.58. The topological polar surface area (TPSA) is 86.6 Å². The lowest BCUT2D eigenvalue weighted by atomic mass is 9.84. The van der Waals surface area contributed by atoms with Gasteiger partial charge in [-0.05, 0) is 86.1 Å². The van der Waals surface area contributed by atoms with Crippen LogP contribution in [-0.2, 0) is 0 Å². The number of hydrogen-bond acceptors (Lipinski definition) is 7. The SMILES string of the molecule is CCCCOc1c(O)cc2ccccc2c1-c1c(OCCCC)c(OC)c(-c2c(OC)c(OCCCC)c(-c3cc(O)cc4ccccc34)c3ccccc23)c2ccccc12. The van der Waals surface area contributed by atoms with Gasteiger partial charge < -0.3 is 33.9 Å². The summed E-state index contributed by atoms with van der Waals surface area (Å²) in [5, 5.41) is 30.2. The first-order chi connectivity index (χ1) is 29.9. The van der Waals surface area contributed by atoms with E-state index < -0.39 is 0 Å². The van der Waals surface area contributed by atoms with E-state index in [2.05, 4.69) is 57.2 Å². The quantitative estimate of drug-likeness (QED) is 0.0885. The molecule has 0 saturated carbocycles. The van der Waals surface area contributed by atoms with Crippen molar-refractivity contribution in [2.75, 3.05) is 34.0 Å². The Morgan fingerprint density at radius 2 is 0.770 bits per heavy atom. The lowest BCUT2D eigenvalue weighted by Gasteiger charge is -2.27. The summed E-state index contributed by atoms with van der Waals surface area (Å²) in [4.78, 5) is 0. The first kappa shape index (κ1) is 41.1. The molecule has 0 radical (unpaired) electrons. The highest BCUT2D eigenvalue weighted by Gasteiger charge is 2.33. The average molecular weight is 815 g/mol. The van der Waals surface area contributed by atoms with Crippen LogP contribution in [0, 0.1) is 0 Å². The van der Waals surface area contributed by atoms with E-state index in [4.69, 9.17) is 23.7 Å². The summed E-state index contributed by atoms with van der Waals surface area (Å²) < 4.78 is 33.6. The number of phenolic OH excluding ortho intramolecular Hbond substituents is 2. The highest BCUT2D eigenvalue weighted by molar-refractivity contribution is 6.21.